The molecule has 4 heteroatoms. The van der Waals surface area contributed by atoms with Gasteiger partial charge < -0.3 is 0 Å². The first-order valence-electron chi connectivity index (χ1n) is 9.07. The van der Waals surface area contributed by atoms with E-state index in [1.807, 2.05) is 45.0 Å². The molecular formula is C20H30N2O2. The molecule has 0 radical (unpaired) electrons. The lowest BCUT2D eigenvalue weighted by atomic mass is 9.87. The fourth-order valence-corrected chi connectivity index (χ4v) is 3.14. The number of rotatable bonds is 3. The number of nitrogens with one attached hydrogen (secondary N) is 1. The van der Waals surface area contributed by atoms with Crippen LogP contribution in [0.25, 0.3) is 0 Å². The minimum Gasteiger partial charge on any atom is -0.273 e. The van der Waals surface area contributed by atoms with Gasteiger partial charge in [-0.1, -0.05) is 38.3 Å². The van der Waals surface area contributed by atoms with Crippen LogP contribution in [0.15, 0.2) is 24.3 Å². The molecule has 0 bridgehead atoms. The Morgan fingerprint density at radius 3 is 2.17 bits per heavy atom. The number of carbonyl (C=O) groups is 2. The van der Waals surface area contributed by atoms with Crippen molar-refractivity contribution in [2.45, 2.75) is 71.8 Å². The third-order valence-electron chi connectivity index (χ3n) is 4.68. The van der Waals surface area contributed by atoms with Crippen LogP contribution < -0.4 is 5.43 Å². The SMILES string of the molecule is CCc1ccc(C(=O)NN(C(=O)C2CCCCC2)C(C)(C)C)cc1. The van der Waals surface area contributed by atoms with Gasteiger partial charge in [-0.3, -0.25) is 15.0 Å². The lowest BCUT2D eigenvalue weighted by Gasteiger charge is -2.38. The number of benzene rings is 1. The van der Waals surface area contributed by atoms with Gasteiger partial charge in [0.25, 0.3) is 5.91 Å². The van der Waals surface area contributed by atoms with Gasteiger partial charge in [-0.2, -0.15) is 0 Å². The van der Waals surface area contributed by atoms with E-state index in [0.29, 0.717) is 5.56 Å². The maximum Gasteiger partial charge on any atom is 0.269 e. The fraction of sp³-hybridized carbons (Fsp3) is 0.600. The van der Waals surface area contributed by atoms with Gasteiger partial charge in [0.1, 0.15) is 0 Å². The summed E-state index contributed by atoms with van der Waals surface area (Å²) in [5.41, 5.74) is 4.18. The van der Waals surface area contributed by atoms with Gasteiger partial charge >= 0.3 is 0 Å². The van der Waals surface area contributed by atoms with Crippen LogP contribution in [0.3, 0.4) is 0 Å². The molecule has 0 atom stereocenters. The average Bonchev–Trinajstić information content (AvgIpc) is 2.58. The Kier molecular flexibility index (Phi) is 6.03. The molecule has 1 aliphatic carbocycles. The zero-order chi connectivity index (χ0) is 17.7. The molecule has 4 nitrogen and oxygen atoms in total. The summed E-state index contributed by atoms with van der Waals surface area (Å²) in [6.45, 7) is 7.94. The molecule has 1 saturated carbocycles. The first kappa shape index (κ1) is 18.5. The number of hydrogen-bond donors (Lipinski definition) is 1. The highest BCUT2D eigenvalue weighted by Gasteiger charge is 2.34. The lowest BCUT2D eigenvalue weighted by molar-refractivity contribution is -0.145. The van der Waals surface area contributed by atoms with E-state index >= 15 is 0 Å². The Labute approximate surface area is 145 Å². The summed E-state index contributed by atoms with van der Waals surface area (Å²) < 4.78 is 0. The summed E-state index contributed by atoms with van der Waals surface area (Å²) in [4.78, 5) is 25.5. The van der Waals surface area contributed by atoms with E-state index in [4.69, 9.17) is 0 Å². The van der Waals surface area contributed by atoms with Gasteiger partial charge in [-0.05, 0) is 57.7 Å². The highest BCUT2D eigenvalue weighted by atomic mass is 16.2. The molecule has 1 N–H and O–H groups in total. The molecule has 0 unspecified atom stereocenters. The summed E-state index contributed by atoms with van der Waals surface area (Å²) in [6, 6.07) is 7.55. The second kappa shape index (κ2) is 7.82. The quantitative estimate of drug-likeness (QED) is 0.848. The van der Waals surface area contributed by atoms with Crippen LogP contribution in [0.5, 0.6) is 0 Å². The van der Waals surface area contributed by atoms with Crippen molar-refractivity contribution in [3.63, 3.8) is 0 Å². The van der Waals surface area contributed by atoms with Gasteiger partial charge in [0.2, 0.25) is 5.91 Å². The molecular weight excluding hydrogens is 300 g/mol. The summed E-state index contributed by atoms with van der Waals surface area (Å²) in [5, 5.41) is 1.54. The second-order valence-electron chi connectivity index (χ2n) is 7.67. The van der Waals surface area contributed by atoms with Gasteiger partial charge in [-0.15, -0.1) is 0 Å². The Balaban J connectivity index is 2.12. The standard InChI is InChI=1S/C20H30N2O2/c1-5-15-11-13-16(14-12-15)18(23)21-22(20(2,3)4)19(24)17-9-7-6-8-10-17/h11-14,17H,5-10H2,1-4H3,(H,21,23). The smallest absolute Gasteiger partial charge is 0.269 e. The van der Waals surface area contributed by atoms with E-state index in [-0.39, 0.29) is 17.7 Å². The first-order valence-corrected chi connectivity index (χ1v) is 9.07. The second-order valence-corrected chi connectivity index (χ2v) is 7.67. The first-order chi connectivity index (χ1) is 11.3. The van der Waals surface area contributed by atoms with E-state index in [9.17, 15) is 9.59 Å². The highest BCUT2D eigenvalue weighted by Crippen LogP contribution is 2.27. The van der Waals surface area contributed by atoms with E-state index in [1.165, 1.54) is 12.0 Å². The molecule has 2 rings (SSSR count). The minimum absolute atomic E-state index is 0.0285. The zero-order valence-electron chi connectivity index (χ0n) is 15.4. The van der Waals surface area contributed by atoms with E-state index in [1.54, 1.807) is 5.01 Å². The largest absolute Gasteiger partial charge is 0.273 e. The van der Waals surface area contributed by atoms with Gasteiger partial charge in [0.15, 0.2) is 0 Å². The van der Waals surface area contributed by atoms with Gasteiger partial charge in [0, 0.05) is 11.5 Å². The fourth-order valence-electron chi connectivity index (χ4n) is 3.14. The Morgan fingerprint density at radius 2 is 1.67 bits per heavy atom. The maximum atomic E-state index is 12.9. The molecule has 2 amide bonds. The molecule has 1 aromatic rings. The lowest BCUT2D eigenvalue weighted by Crippen LogP contribution is -2.57. The van der Waals surface area contributed by atoms with Crippen molar-refractivity contribution in [3.05, 3.63) is 35.4 Å². The molecule has 0 aliphatic heterocycles. The third-order valence-corrected chi connectivity index (χ3v) is 4.68. The monoisotopic (exact) mass is 330 g/mol. The summed E-state index contributed by atoms with van der Waals surface area (Å²) in [5.74, 6) is -0.154. The predicted octanol–water partition coefficient (Wildman–Crippen LogP) is 4.10. The normalized spacial score (nSPS) is 15.8. The van der Waals surface area contributed by atoms with Crippen LogP contribution in [-0.2, 0) is 11.2 Å². The molecule has 0 aromatic heterocycles. The number of aryl methyl sites for hydroxylation is 1. The average molecular weight is 330 g/mol. The van der Waals surface area contributed by atoms with Crippen LogP contribution in [0.2, 0.25) is 0 Å². The van der Waals surface area contributed by atoms with Crippen molar-refractivity contribution < 1.29 is 9.59 Å². The molecule has 0 saturated heterocycles. The van der Waals surface area contributed by atoms with Crippen LogP contribution in [0, 0.1) is 5.92 Å². The van der Waals surface area contributed by atoms with E-state index in [0.717, 1.165) is 32.1 Å². The van der Waals surface area contributed by atoms with E-state index < -0.39 is 5.54 Å². The number of carbonyl (C=O) groups excluding carboxylic acids is 2. The zero-order valence-corrected chi connectivity index (χ0v) is 15.4. The predicted molar refractivity (Wildman–Crippen MR) is 96.5 cm³/mol. The number of hydrogen-bond acceptors (Lipinski definition) is 2. The molecule has 0 spiro atoms. The molecule has 1 aliphatic rings. The van der Waals surface area contributed by atoms with Crippen LogP contribution in [-0.4, -0.2) is 22.4 Å². The maximum absolute atomic E-state index is 12.9. The van der Waals surface area contributed by atoms with Crippen LogP contribution >= 0.6 is 0 Å². The molecule has 0 heterocycles. The van der Waals surface area contributed by atoms with Crippen molar-refractivity contribution in [3.8, 4) is 0 Å². The van der Waals surface area contributed by atoms with Crippen molar-refractivity contribution in [1.29, 1.82) is 0 Å². The van der Waals surface area contributed by atoms with Crippen molar-refractivity contribution in [2.24, 2.45) is 5.92 Å². The number of hydrazine groups is 1. The van der Waals surface area contributed by atoms with E-state index in [2.05, 4.69) is 12.3 Å². The molecule has 1 fully saturated rings. The molecule has 1 aromatic carbocycles. The van der Waals surface area contributed by atoms with Crippen molar-refractivity contribution in [2.75, 3.05) is 0 Å². The molecule has 24 heavy (non-hydrogen) atoms. The third kappa shape index (κ3) is 4.59. The Bertz CT molecular complexity index is 566. The summed E-state index contributed by atoms with van der Waals surface area (Å²) in [6.07, 6.45) is 6.19. The number of nitrogens with zero attached hydrogens (tertiary/aromatic N) is 1. The summed E-state index contributed by atoms with van der Waals surface area (Å²) >= 11 is 0. The van der Waals surface area contributed by atoms with Crippen LogP contribution in [0.4, 0.5) is 0 Å². The summed E-state index contributed by atoms with van der Waals surface area (Å²) in [7, 11) is 0. The Hall–Kier alpha value is -1.84. The topological polar surface area (TPSA) is 49.4 Å². The highest BCUT2D eigenvalue weighted by molar-refractivity contribution is 5.95. The van der Waals surface area contributed by atoms with Crippen molar-refractivity contribution >= 4 is 11.8 Å². The van der Waals surface area contributed by atoms with Gasteiger partial charge in [0.05, 0.1) is 5.54 Å². The minimum atomic E-state index is -0.451. The van der Waals surface area contributed by atoms with Crippen molar-refractivity contribution in [1.82, 2.24) is 10.4 Å². The number of amides is 2. The Morgan fingerprint density at radius 1 is 1.08 bits per heavy atom. The van der Waals surface area contributed by atoms with Gasteiger partial charge in [-0.25, -0.2) is 5.01 Å². The molecule has 132 valence electrons. The van der Waals surface area contributed by atoms with Crippen LogP contribution in [0.1, 0.15) is 75.7 Å².